The molecule has 0 amide bonds. The van der Waals surface area contributed by atoms with Gasteiger partial charge in [0, 0.05) is 25.9 Å². The average Bonchev–Trinajstić information content (AvgIpc) is 2.79. The Bertz CT molecular complexity index is 357. The van der Waals surface area contributed by atoms with Crippen molar-refractivity contribution in [3.05, 3.63) is 18.3 Å². The molecule has 1 aromatic rings. The second kappa shape index (κ2) is 5.87. The van der Waals surface area contributed by atoms with Crippen LogP contribution in [0.5, 0.6) is 5.75 Å². The Morgan fingerprint density at radius 1 is 1.59 bits per heavy atom. The van der Waals surface area contributed by atoms with Gasteiger partial charge in [-0.05, 0) is 37.8 Å². The monoisotopic (exact) mass is 236 g/mol. The van der Waals surface area contributed by atoms with Crippen molar-refractivity contribution in [3.63, 3.8) is 0 Å². The van der Waals surface area contributed by atoms with Gasteiger partial charge < -0.3 is 14.7 Å². The first kappa shape index (κ1) is 12.2. The zero-order chi connectivity index (χ0) is 12.1. The molecule has 2 heterocycles. The third-order valence-corrected chi connectivity index (χ3v) is 3.17. The largest absolute Gasteiger partial charge is 0.490 e. The molecule has 0 aliphatic carbocycles. The molecule has 1 N–H and O–H groups in total. The van der Waals surface area contributed by atoms with Crippen LogP contribution < -0.4 is 9.64 Å². The summed E-state index contributed by atoms with van der Waals surface area (Å²) in [5, 5.41) is 8.96. The summed E-state index contributed by atoms with van der Waals surface area (Å²) in [5.74, 6) is 2.38. The summed E-state index contributed by atoms with van der Waals surface area (Å²) in [6.07, 6.45) is 3.81. The predicted molar refractivity (Wildman–Crippen MR) is 67.4 cm³/mol. The quantitative estimate of drug-likeness (QED) is 0.845. The Hall–Kier alpha value is -1.29. The summed E-state index contributed by atoms with van der Waals surface area (Å²) in [6, 6.07) is 3.86. The summed E-state index contributed by atoms with van der Waals surface area (Å²) >= 11 is 0. The molecule has 1 aliphatic heterocycles. The first-order chi connectivity index (χ1) is 8.35. The van der Waals surface area contributed by atoms with Crippen LogP contribution in [0.3, 0.4) is 0 Å². The van der Waals surface area contributed by atoms with Crippen molar-refractivity contribution in [1.82, 2.24) is 4.98 Å². The maximum atomic E-state index is 8.96. The van der Waals surface area contributed by atoms with Crippen molar-refractivity contribution in [1.29, 1.82) is 0 Å². The van der Waals surface area contributed by atoms with E-state index in [2.05, 4.69) is 9.88 Å². The molecule has 1 aromatic heterocycles. The number of aliphatic hydroxyl groups excluding tert-OH is 1. The molecule has 4 heteroatoms. The lowest BCUT2D eigenvalue weighted by Crippen LogP contribution is -2.21. The van der Waals surface area contributed by atoms with Gasteiger partial charge in [0.05, 0.1) is 6.61 Å². The fraction of sp³-hybridized carbons (Fsp3) is 0.615. The van der Waals surface area contributed by atoms with E-state index in [4.69, 9.17) is 9.84 Å². The normalized spacial score (nSPS) is 19.6. The van der Waals surface area contributed by atoms with Crippen LogP contribution in [0.2, 0.25) is 0 Å². The molecule has 1 aliphatic rings. The lowest BCUT2D eigenvalue weighted by atomic mass is 10.1. The number of anilines is 1. The topological polar surface area (TPSA) is 45.6 Å². The van der Waals surface area contributed by atoms with Crippen LogP contribution in [0.4, 0.5) is 5.82 Å². The van der Waals surface area contributed by atoms with Crippen LogP contribution in [0, 0.1) is 5.92 Å². The van der Waals surface area contributed by atoms with E-state index in [1.54, 1.807) is 6.20 Å². The van der Waals surface area contributed by atoms with Crippen LogP contribution >= 0.6 is 0 Å². The minimum Gasteiger partial charge on any atom is -0.490 e. The molecule has 1 atom stereocenters. The first-order valence-corrected chi connectivity index (χ1v) is 6.28. The summed E-state index contributed by atoms with van der Waals surface area (Å²) < 4.78 is 5.59. The lowest BCUT2D eigenvalue weighted by Gasteiger charge is -2.20. The van der Waals surface area contributed by atoms with Gasteiger partial charge >= 0.3 is 0 Å². The molecule has 17 heavy (non-hydrogen) atoms. The Labute approximate surface area is 102 Å². The molecule has 94 valence electrons. The maximum Gasteiger partial charge on any atom is 0.171 e. The standard InChI is InChI=1S/C13H20N2O2/c1-2-17-12-4-3-7-14-13(12)15-8-5-11(10-15)6-9-16/h3-4,7,11,16H,2,5-6,8-10H2,1H3. The molecular formula is C13H20N2O2. The average molecular weight is 236 g/mol. The van der Waals surface area contributed by atoms with Gasteiger partial charge in [0.15, 0.2) is 11.6 Å². The van der Waals surface area contributed by atoms with Crippen molar-refractivity contribution >= 4 is 5.82 Å². The van der Waals surface area contributed by atoms with Gasteiger partial charge in [0.2, 0.25) is 0 Å². The summed E-state index contributed by atoms with van der Waals surface area (Å²) in [6.45, 7) is 4.89. The van der Waals surface area contributed by atoms with Crippen LogP contribution in [0.25, 0.3) is 0 Å². The third kappa shape index (κ3) is 2.88. The number of pyridine rings is 1. The number of rotatable bonds is 5. The van der Waals surface area contributed by atoms with Gasteiger partial charge in [0.1, 0.15) is 0 Å². The minimum atomic E-state index is 0.277. The van der Waals surface area contributed by atoms with E-state index in [0.29, 0.717) is 12.5 Å². The molecule has 0 bridgehead atoms. The second-order valence-corrected chi connectivity index (χ2v) is 4.37. The zero-order valence-corrected chi connectivity index (χ0v) is 10.3. The molecule has 0 spiro atoms. The van der Waals surface area contributed by atoms with Gasteiger partial charge in [-0.1, -0.05) is 0 Å². The highest BCUT2D eigenvalue weighted by molar-refractivity contribution is 5.52. The van der Waals surface area contributed by atoms with Gasteiger partial charge in [0.25, 0.3) is 0 Å². The van der Waals surface area contributed by atoms with Crippen LogP contribution in [0.1, 0.15) is 19.8 Å². The summed E-state index contributed by atoms with van der Waals surface area (Å²) in [4.78, 5) is 6.67. The van der Waals surface area contributed by atoms with Gasteiger partial charge in [-0.25, -0.2) is 4.98 Å². The predicted octanol–water partition coefficient (Wildman–Crippen LogP) is 1.69. The number of hydrogen-bond donors (Lipinski definition) is 1. The van der Waals surface area contributed by atoms with Crippen LogP contribution in [0.15, 0.2) is 18.3 Å². The number of aliphatic hydroxyl groups is 1. The van der Waals surface area contributed by atoms with Crippen molar-refractivity contribution < 1.29 is 9.84 Å². The van der Waals surface area contributed by atoms with E-state index in [0.717, 1.165) is 37.5 Å². The fourth-order valence-electron chi connectivity index (χ4n) is 2.33. The van der Waals surface area contributed by atoms with E-state index >= 15 is 0 Å². The first-order valence-electron chi connectivity index (χ1n) is 6.28. The Morgan fingerprint density at radius 3 is 3.24 bits per heavy atom. The highest BCUT2D eigenvalue weighted by atomic mass is 16.5. The van der Waals surface area contributed by atoms with Crippen molar-refractivity contribution in [2.75, 3.05) is 31.2 Å². The molecule has 1 unspecified atom stereocenters. The number of nitrogens with zero attached hydrogens (tertiary/aromatic N) is 2. The van der Waals surface area contributed by atoms with Crippen LogP contribution in [-0.4, -0.2) is 36.4 Å². The fourth-order valence-corrected chi connectivity index (χ4v) is 2.33. The molecule has 2 rings (SSSR count). The molecular weight excluding hydrogens is 216 g/mol. The second-order valence-electron chi connectivity index (χ2n) is 4.37. The van der Waals surface area contributed by atoms with Crippen molar-refractivity contribution in [2.45, 2.75) is 19.8 Å². The van der Waals surface area contributed by atoms with E-state index in [1.165, 1.54) is 0 Å². The minimum absolute atomic E-state index is 0.277. The lowest BCUT2D eigenvalue weighted by molar-refractivity contribution is 0.263. The van der Waals surface area contributed by atoms with Gasteiger partial charge in [-0.2, -0.15) is 0 Å². The van der Waals surface area contributed by atoms with E-state index in [-0.39, 0.29) is 6.61 Å². The molecule has 1 saturated heterocycles. The Balaban J connectivity index is 2.07. The van der Waals surface area contributed by atoms with E-state index in [9.17, 15) is 0 Å². The van der Waals surface area contributed by atoms with Crippen molar-refractivity contribution in [2.24, 2.45) is 5.92 Å². The highest BCUT2D eigenvalue weighted by Crippen LogP contribution is 2.30. The highest BCUT2D eigenvalue weighted by Gasteiger charge is 2.24. The molecule has 4 nitrogen and oxygen atoms in total. The number of hydrogen-bond acceptors (Lipinski definition) is 4. The van der Waals surface area contributed by atoms with Gasteiger partial charge in [-0.3, -0.25) is 0 Å². The van der Waals surface area contributed by atoms with Crippen molar-refractivity contribution in [3.8, 4) is 5.75 Å². The third-order valence-electron chi connectivity index (χ3n) is 3.17. The molecule has 0 aromatic carbocycles. The summed E-state index contributed by atoms with van der Waals surface area (Å²) in [7, 11) is 0. The van der Waals surface area contributed by atoms with E-state index < -0.39 is 0 Å². The molecule has 1 fully saturated rings. The van der Waals surface area contributed by atoms with E-state index in [1.807, 2.05) is 19.1 Å². The summed E-state index contributed by atoms with van der Waals surface area (Å²) in [5.41, 5.74) is 0. The zero-order valence-electron chi connectivity index (χ0n) is 10.3. The SMILES string of the molecule is CCOc1cccnc1N1CCC(CCO)C1. The smallest absolute Gasteiger partial charge is 0.171 e. The molecule has 0 saturated carbocycles. The number of ether oxygens (including phenoxy) is 1. The van der Waals surface area contributed by atoms with Gasteiger partial charge in [-0.15, -0.1) is 0 Å². The Morgan fingerprint density at radius 2 is 2.47 bits per heavy atom. The molecule has 0 radical (unpaired) electrons. The maximum absolute atomic E-state index is 8.96. The Kier molecular flexibility index (Phi) is 4.20. The number of aromatic nitrogens is 1. The van der Waals surface area contributed by atoms with Crippen LogP contribution in [-0.2, 0) is 0 Å².